The highest BCUT2D eigenvalue weighted by molar-refractivity contribution is 7.98. The van der Waals surface area contributed by atoms with Crippen LogP contribution in [-0.4, -0.2) is 76.0 Å². The first-order valence-corrected chi connectivity index (χ1v) is 13.2. The molecule has 0 aliphatic rings. The molecule has 5 unspecified atom stereocenters. The van der Waals surface area contributed by atoms with E-state index in [1.807, 2.05) is 13.2 Å². The number of carboxylic acids is 1. The molecule has 0 aromatic heterocycles. The van der Waals surface area contributed by atoms with Gasteiger partial charge in [-0.05, 0) is 42.0 Å². The van der Waals surface area contributed by atoms with Crippen molar-refractivity contribution in [2.24, 2.45) is 17.4 Å². The largest absolute Gasteiger partial charge is 0.508 e. The highest BCUT2D eigenvalue weighted by Crippen LogP contribution is 2.13. The van der Waals surface area contributed by atoms with Gasteiger partial charge in [-0.2, -0.15) is 11.8 Å². The van der Waals surface area contributed by atoms with Crippen molar-refractivity contribution < 1.29 is 34.2 Å². The second kappa shape index (κ2) is 15.7. The van der Waals surface area contributed by atoms with Gasteiger partial charge in [-0.15, -0.1) is 0 Å². The number of nitrogens with one attached hydrogen (secondary N) is 3. The first-order valence-electron chi connectivity index (χ1n) is 11.8. The van der Waals surface area contributed by atoms with Crippen LogP contribution < -0.4 is 27.4 Å². The number of nitrogens with two attached hydrogens (primary N) is 2. The average molecular weight is 540 g/mol. The van der Waals surface area contributed by atoms with Gasteiger partial charge >= 0.3 is 5.97 Å². The van der Waals surface area contributed by atoms with Crippen molar-refractivity contribution in [1.29, 1.82) is 0 Å². The number of hydrogen-bond donors (Lipinski definition) is 7. The van der Waals surface area contributed by atoms with Crippen molar-refractivity contribution in [2.45, 2.75) is 63.7 Å². The van der Waals surface area contributed by atoms with Gasteiger partial charge in [0, 0.05) is 6.42 Å². The van der Waals surface area contributed by atoms with Crippen LogP contribution in [0.25, 0.3) is 0 Å². The molecule has 5 atom stereocenters. The zero-order chi connectivity index (χ0) is 28.1. The molecule has 1 rings (SSSR count). The lowest BCUT2D eigenvalue weighted by Crippen LogP contribution is -2.59. The molecule has 13 heteroatoms. The van der Waals surface area contributed by atoms with Crippen LogP contribution in [0.4, 0.5) is 0 Å². The maximum atomic E-state index is 13.2. The number of carbonyl (C=O) groups excluding carboxylic acids is 4. The van der Waals surface area contributed by atoms with Crippen LogP contribution in [-0.2, 0) is 30.4 Å². The van der Waals surface area contributed by atoms with E-state index in [2.05, 4.69) is 16.0 Å². The van der Waals surface area contributed by atoms with Gasteiger partial charge in [0.25, 0.3) is 0 Å². The van der Waals surface area contributed by atoms with Crippen molar-refractivity contribution in [3.8, 4) is 5.75 Å². The minimum absolute atomic E-state index is 0.0260. The fourth-order valence-corrected chi connectivity index (χ4v) is 3.85. The molecule has 0 aliphatic carbocycles. The lowest BCUT2D eigenvalue weighted by atomic mass is 9.97. The average Bonchev–Trinajstić information content (AvgIpc) is 2.84. The molecule has 206 valence electrons. The van der Waals surface area contributed by atoms with E-state index in [0.717, 1.165) is 0 Å². The normalized spacial score (nSPS) is 14.9. The van der Waals surface area contributed by atoms with Gasteiger partial charge in [-0.3, -0.25) is 19.2 Å². The molecule has 0 heterocycles. The molecule has 9 N–H and O–H groups in total. The Morgan fingerprint density at radius 1 is 0.973 bits per heavy atom. The summed E-state index contributed by atoms with van der Waals surface area (Å²) in [6.07, 6.45) is 2.13. The van der Waals surface area contributed by atoms with E-state index in [4.69, 9.17) is 11.5 Å². The van der Waals surface area contributed by atoms with Gasteiger partial charge in [0.2, 0.25) is 23.6 Å². The summed E-state index contributed by atoms with van der Waals surface area (Å²) in [4.78, 5) is 61.6. The molecule has 0 saturated heterocycles. The number of aromatic hydroxyl groups is 1. The first-order chi connectivity index (χ1) is 17.4. The molecular formula is C24H37N5O7S. The van der Waals surface area contributed by atoms with Crippen molar-refractivity contribution in [3.63, 3.8) is 0 Å². The molecule has 1 aromatic rings. The number of carbonyl (C=O) groups is 5. The SMILES string of the molecule is CCC(C)C(NC(=O)C(N)CC(N)=O)C(=O)NC(CCSC)C(=O)NC(Cc1ccc(O)cc1)C(=O)O. The second-order valence-corrected chi connectivity index (χ2v) is 9.75. The summed E-state index contributed by atoms with van der Waals surface area (Å²) in [7, 11) is 0. The van der Waals surface area contributed by atoms with Crippen LogP contribution >= 0.6 is 11.8 Å². The molecule has 0 radical (unpaired) electrons. The zero-order valence-electron chi connectivity index (χ0n) is 21.2. The highest BCUT2D eigenvalue weighted by atomic mass is 32.2. The number of thioether (sulfide) groups is 1. The van der Waals surface area contributed by atoms with Crippen molar-refractivity contribution in [3.05, 3.63) is 29.8 Å². The number of rotatable bonds is 16. The third kappa shape index (κ3) is 11.1. The predicted octanol–water partition coefficient (Wildman–Crippen LogP) is -0.524. The molecule has 4 amide bonds. The van der Waals surface area contributed by atoms with Gasteiger partial charge in [-0.1, -0.05) is 32.4 Å². The molecule has 0 fully saturated rings. The molecule has 0 saturated carbocycles. The number of amides is 4. The van der Waals surface area contributed by atoms with Crippen LogP contribution in [0.3, 0.4) is 0 Å². The summed E-state index contributed by atoms with van der Waals surface area (Å²) in [5.74, 6) is -3.89. The Labute approximate surface area is 220 Å². The molecule has 0 spiro atoms. The molecule has 0 aliphatic heterocycles. The Balaban J connectivity index is 3.02. The molecule has 0 bridgehead atoms. The van der Waals surface area contributed by atoms with E-state index in [9.17, 15) is 34.2 Å². The van der Waals surface area contributed by atoms with Gasteiger partial charge < -0.3 is 37.6 Å². The van der Waals surface area contributed by atoms with Crippen LogP contribution in [0.1, 0.15) is 38.7 Å². The van der Waals surface area contributed by atoms with Gasteiger partial charge in [0.05, 0.1) is 12.5 Å². The predicted molar refractivity (Wildman–Crippen MR) is 139 cm³/mol. The summed E-state index contributed by atoms with van der Waals surface area (Å²) < 4.78 is 0. The lowest BCUT2D eigenvalue weighted by Gasteiger charge is -2.28. The van der Waals surface area contributed by atoms with Gasteiger partial charge in [-0.25, -0.2) is 4.79 Å². The third-order valence-electron chi connectivity index (χ3n) is 5.79. The van der Waals surface area contributed by atoms with Crippen molar-refractivity contribution >= 4 is 41.4 Å². The minimum Gasteiger partial charge on any atom is -0.508 e. The Morgan fingerprint density at radius 3 is 2.08 bits per heavy atom. The van der Waals surface area contributed by atoms with Crippen molar-refractivity contribution in [2.75, 3.05) is 12.0 Å². The number of aliphatic carboxylic acids is 1. The van der Waals surface area contributed by atoms with Crippen LogP contribution in [0, 0.1) is 5.92 Å². The maximum Gasteiger partial charge on any atom is 0.326 e. The van der Waals surface area contributed by atoms with Gasteiger partial charge in [0.15, 0.2) is 0 Å². The zero-order valence-corrected chi connectivity index (χ0v) is 22.0. The van der Waals surface area contributed by atoms with E-state index < -0.39 is 60.2 Å². The van der Waals surface area contributed by atoms with Gasteiger partial charge in [0.1, 0.15) is 23.9 Å². The molecule has 37 heavy (non-hydrogen) atoms. The van der Waals surface area contributed by atoms with E-state index in [0.29, 0.717) is 17.7 Å². The van der Waals surface area contributed by atoms with Crippen LogP contribution in [0.15, 0.2) is 24.3 Å². The topological polar surface area (TPSA) is 214 Å². The van der Waals surface area contributed by atoms with Crippen molar-refractivity contribution in [1.82, 2.24) is 16.0 Å². The molecular weight excluding hydrogens is 502 g/mol. The monoisotopic (exact) mass is 539 g/mol. The summed E-state index contributed by atoms with van der Waals surface area (Å²) in [5.41, 5.74) is 11.4. The van der Waals surface area contributed by atoms with E-state index in [-0.39, 0.29) is 24.5 Å². The Kier molecular flexibility index (Phi) is 13.5. The van der Waals surface area contributed by atoms with E-state index >= 15 is 0 Å². The second-order valence-electron chi connectivity index (χ2n) is 8.76. The number of carboxylic acid groups (broad SMARTS) is 1. The molecule has 12 nitrogen and oxygen atoms in total. The molecule has 1 aromatic carbocycles. The Morgan fingerprint density at radius 2 is 1.57 bits per heavy atom. The van der Waals surface area contributed by atoms with Crippen LogP contribution in [0.5, 0.6) is 5.75 Å². The lowest BCUT2D eigenvalue weighted by molar-refractivity contribution is -0.142. The number of benzene rings is 1. The highest BCUT2D eigenvalue weighted by Gasteiger charge is 2.32. The number of phenolic OH excluding ortho intramolecular Hbond substituents is 1. The summed E-state index contributed by atoms with van der Waals surface area (Å²) >= 11 is 1.44. The number of primary amides is 1. The standard InChI is InChI=1S/C24H37N5O7S/c1-4-13(2)20(29-21(32)16(25)12-19(26)31)23(34)27-17(9-10-37-3)22(33)28-18(24(35)36)11-14-5-7-15(30)8-6-14/h5-8,13,16-18,20,30H,4,9-12,25H2,1-3H3,(H2,26,31)(H,27,34)(H,28,33)(H,29,32)(H,35,36). The van der Waals surface area contributed by atoms with E-state index in [1.54, 1.807) is 19.1 Å². The fourth-order valence-electron chi connectivity index (χ4n) is 3.38. The van der Waals surface area contributed by atoms with E-state index in [1.165, 1.54) is 23.9 Å². The summed E-state index contributed by atoms with van der Waals surface area (Å²) in [6.45, 7) is 3.55. The third-order valence-corrected chi connectivity index (χ3v) is 6.43. The first kappa shape index (κ1) is 31.7. The Bertz CT molecular complexity index is 944. The maximum absolute atomic E-state index is 13.2. The summed E-state index contributed by atoms with van der Waals surface area (Å²) in [5, 5.41) is 26.7. The number of phenols is 1. The quantitative estimate of drug-likeness (QED) is 0.144. The number of hydrogen-bond acceptors (Lipinski definition) is 8. The van der Waals surface area contributed by atoms with Crippen LogP contribution in [0.2, 0.25) is 0 Å². The minimum atomic E-state index is -1.28. The Hall–Kier alpha value is -3.32. The summed E-state index contributed by atoms with van der Waals surface area (Å²) in [6, 6.07) is 1.30. The smallest absolute Gasteiger partial charge is 0.326 e. The fraction of sp³-hybridized carbons (Fsp3) is 0.542.